The van der Waals surface area contributed by atoms with E-state index in [1.807, 2.05) is 13.0 Å². The van der Waals surface area contributed by atoms with Crippen LogP contribution in [0.4, 0.5) is 10.1 Å². The molecule has 1 heterocycles. The molecular weight excluding hydrogens is 215 g/mol. The Balaban J connectivity index is 2.13. The van der Waals surface area contributed by atoms with Gasteiger partial charge in [-0.25, -0.2) is 4.39 Å². The van der Waals surface area contributed by atoms with Gasteiger partial charge in [0.25, 0.3) is 0 Å². The van der Waals surface area contributed by atoms with E-state index in [1.54, 1.807) is 6.07 Å². The van der Waals surface area contributed by atoms with Crippen molar-refractivity contribution < 1.29 is 4.39 Å². The summed E-state index contributed by atoms with van der Waals surface area (Å²) in [6.07, 6.45) is 2.37. The van der Waals surface area contributed by atoms with Crippen molar-refractivity contribution >= 4 is 5.69 Å². The molecule has 94 valence electrons. The Morgan fingerprint density at radius 1 is 1.47 bits per heavy atom. The van der Waals surface area contributed by atoms with Gasteiger partial charge in [0, 0.05) is 31.4 Å². The number of hydrogen-bond donors (Lipinski definition) is 1. The smallest absolute Gasteiger partial charge is 0.125 e. The van der Waals surface area contributed by atoms with E-state index in [0.717, 1.165) is 30.9 Å². The molecule has 1 aliphatic rings. The summed E-state index contributed by atoms with van der Waals surface area (Å²) in [7, 11) is 0. The molecule has 0 radical (unpaired) electrons. The van der Waals surface area contributed by atoms with Crippen LogP contribution in [0.5, 0.6) is 0 Å². The molecule has 0 aromatic heterocycles. The topological polar surface area (TPSA) is 15.3 Å². The first-order valence-electron chi connectivity index (χ1n) is 6.45. The van der Waals surface area contributed by atoms with Crippen LogP contribution in [0.3, 0.4) is 0 Å². The number of anilines is 1. The third-order valence-electron chi connectivity index (χ3n) is 3.40. The number of benzene rings is 1. The predicted molar refractivity (Wildman–Crippen MR) is 70.0 cm³/mol. The predicted octanol–water partition coefficient (Wildman–Crippen LogP) is 2.71. The van der Waals surface area contributed by atoms with Crippen molar-refractivity contribution in [3.63, 3.8) is 0 Å². The standard InChI is InChI=1S/C14H21FN2/c1-3-4-13-10-17(8-7-16-13)14-9-12(15)6-5-11(14)2/h5-6,9,13,16H,3-4,7-8,10H2,1-2H3. The molecule has 3 heteroatoms. The Kier molecular flexibility index (Phi) is 4.00. The van der Waals surface area contributed by atoms with E-state index >= 15 is 0 Å². The number of nitrogens with one attached hydrogen (secondary N) is 1. The van der Waals surface area contributed by atoms with Gasteiger partial charge in [0.2, 0.25) is 0 Å². The zero-order valence-corrected chi connectivity index (χ0v) is 10.7. The lowest BCUT2D eigenvalue weighted by Gasteiger charge is -2.36. The molecule has 0 saturated carbocycles. The van der Waals surface area contributed by atoms with Gasteiger partial charge >= 0.3 is 0 Å². The Bertz CT molecular complexity index is 376. The first-order valence-corrected chi connectivity index (χ1v) is 6.45. The summed E-state index contributed by atoms with van der Waals surface area (Å²) in [4.78, 5) is 2.30. The highest BCUT2D eigenvalue weighted by Crippen LogP contribution is 2.22. The largest absolute Gasteiger partial charge is 0.368 e. The SMILES string of the molecule is CCCC1CN(c2cc(F)ccc2C)CCN1. The van der Waals surface area contributed by atoms with E-state index in [-0.39, 0.29) is 5.82 Å². The number of hydrogen-bond acceptors (Lipinski definition) is 2. The first-order chi connectivity index (χ1) is 8.20. The van der Waals surface area contributed by atoms with Crippen LogP contribution in [-0.4, -0.2) is 25.7 Å². The van der Waals surface area contributed by atoms with Crippen LogP contribution in [-0.2, 0) is 0 Å². The minimum Gasteiger partial charge on any atom is -0.368 e. The molecule has 1 atom stereocenters. The molecule has 1 N–H and O–H groups in total. The minimum absolute atomic E-state index is 0.142. The average molecular weight is 236 g/mol. The second-order valence-corrected chi connectivity index (χ2v) is 4.82. The molecule has 1 aliphatic heterocycles. The van der Waals surface area contributed by atoms with Gasteiger partial charge in [-0.15, -0.1) is 0 Å². The Hall–Kier alpha value is -1.09. The van der Waals surface area contributed by atoms with Crippen molar-refractivity contribution in [1.82, 2.24) is 5.32 Å². The van der Waals surface area contributed by atoms with E-state index < -0.39 is 0 Å². The van der Waals surface area contributed by atoms with Gasteiger partial charge in [0.15, 0.2) is 0 Å². The maximum absolute atomic E-state index is 13.3. The van der Waals surface area contributed by atoms with Crippen LogP contribution in [0, 0.1) is 12.7 Å². The zero-order valence-electron chi connectivity index (χ0n) is 10.7. The van der Waals surface area contributed by atoms with Gasteiger partial charge in [-0.05, 0) is 31.0 Å². The van der Waals surface area contributed by atoms with Crippen LogP contribution >= 0.6 is 0 Å². The molecule has 0 aliphatic carbocycles. The van der Waals surface area contributed by atoms with Gasteiger partial charge < -0.3 is 10.2 Å². The molecule has 1 unspecified atom stereocenters. The van der Waals surface area contributed by atoms with E-state index in [1.165, 1.54) is 18.9 Å². The summed E-state index contributed by atoms with van der Waals surface area (Å²) >= 11 is 0. The summed E-state index contributed by atoms with van der Waals surface area (Å²) in [5.74, 6) is -0.142. The Labute approximate surface area is 103 Å². The maximum atomic E-state index is 13.3. The molecule has 1 aromatic rings. The summed E-state index contributed by atoms with van der Waals surface area (Å²) in [6.45, 7) is 7.18. The minimum atomic E-state index is -0.142. The second-order valence-electron chi connectivity index (χ2n) is 4.82. The summed E-state index contributed by atoms with van der Waals surface area (Å²) in [6, 6.07) is 5.59. The number of piperazine rings is 1. The van der Waals surface area contributed by atoms with Crippen molar-refractivity contribution in [3.8, 4) is 0 Å². The van der Waals surface area contributed by atoms with E-state index in [4.69, 9.17) is 0 Å². The third kappa shape index (κ3) is 2.97. The molecule has 2 nitrogen and oxygen atoms in total. The Morgan fingerprint density at radius 2 is 2.29 bits per heavy atom. The molecule has 1 saturated heterocycles. The maximum Gasteiger partial charge on any atom is 0.125 e. The van der Waals surface area contributed by atoms with Gasteiger partial charge in [0.05, 0.1) is 0 Å². The lowest BCUT2D eigenvalue weighted by Crippen LogP contribution is -2.50. The lowest BCUT2D eigenvalue weighted by molar-refractivity contribution is 0.430. The van der Waals surface area contributed by atoms with Gasteiger partial charge in [0.1, 0.15) is 5.82 Å². The molecular formula is C14H21FN2. The molecule has 1 fully saturated rings. The second kappa shape index (κ2) is 5.50. The molecule has 0 amide bonds. The number of rotatable bonds is 3. The summed E-state index contributed by atoms with van der Waals surface area (Å²) < 4.78 is 13.3. The van der Waals surface area contributed by atoms with E-state index in [0.29, 0.717) is 6.04 Å². The van der Waals surface area contributed by atoms with Crippen LogP contribution in [0.25, 0.3) is 0 Å². The van der Waals surface area contributed by atoms with Crippen LogP contribution < -0.4 is 10.2 Å². The monoisotopic (exact) mass is 236 g/mol. The molecule has 0 bridgehead atoms. The average Bonchev–Trinajstić information content (AvgIpc) is 2.33. The van der Waals surface area contributed by atoms with Gasteiger partial charge in [-0.2, -0.15) is 0 Å². The highest BCUT2D eigenvalue weighted by molar-refractivity contribution is 5.53. The fraction of sp³-hybridized carbons (Fsp3) is 0.571. The van der Waals surface area contributed by atoms with Crippen LogP contribution in [0.2, 0.25) is 0 Å². The normalized spacial score (nSPS) is 20.6. The van der Waals surface area contributed by atoms with Crippen molar-refractivity contribution in [2.75, 3.05) is 24.5 Å². The van der Waals surface area contributed by atoms with Gasteiger partial charge in [-0.3, -0.25) is 0 Å². The van der Waals surface area contributed by atoms with E-state index in [9.17, 15) is 4.39 Å². The summed E-state index contributed by atoms with van der Waals surface area (Å²) in [5.41, 5.74) is 2.20. The van der Waals surface area contributed by atoms with Crippen molar-refractivity contribution in [2.45, 2.75) is 32.7 Å². The number of halogens is 1. The first kappa shape index (κ1) is 12.4. The van der Waals surface area contributed by atoms with Crippen LogP contribution in [0.15, 0.2) is 18.2 Å². The van der Waals surface area contributed by atoms with Gasteiger partial charge in [-0.1, -0.05) is 19.4 Å². The molecule has 0 spiro atoms. The highest BCUT2D eigenvalue weighted by atomic mass is 19.1. The van der Waals surface area contributed by atoms with Crippen molar-refractivity contribution in [3.05, 3.63) is 29.6 Å². The quantitative estimate of drug-likeness (QED) is 0.868. The zero-order chi connectivity index (χ0) is 12.3. The third-order valence-corrected chi connectivity index (χ3v) is 3.40. The fourth-order valence-electron chi connectivity index (χ4n) is 2.51. The Morgan fingerprint density at radius 3 is 3.06 bits per heavy atom. The van der Waals surface area contributed by atoms with Crippen molar-refractivity contribution in [2.24, 2.45) is 0 Å². The summed E-state index contributed by atoms with van der Waals surface area (Å²) in [5, 5.41) is 3.52. The number of nitrogens with zero attached hydrogens (tertiary/aromatic N) is 1. The molecule has 1 aromatic carbocycles. The lowest BCUT2D eigenvalue weighted by atomic mass is 10.1. The highest BCUT2D eigenvalue weighted by Gasteiger charge is 2.20. The molecule has 17 heavy (non-hydrogen) atoms. The van der Waals surface area contributed by atoms with E-state index in [2.05, 4.69) is 17.1 Å². The molecule has 2 rings (SSSR count). The van der Waals surface area contributed by atoms with Crippen molar-refractivity contribution in [1.29, 1.82) is 0 Å². The van der Waals surface area contributed by atoms with Crippen LogP contribution in [0.1, 0.15) is 25.3 Å². The fourth-order valence-corrected chi connectivity index (χ4v) is 2.51. The number of aryl methyl sites for hydroxylation is 1.